The molecule has 15 heteroatoms. The van der Waals surface area contributed by atoms with Crippen molar-refractivity contribution in [3.05, 3.63) is 107 Å². The van der Waals surface area contributed by atoms with Crippen LogP contribution < -0.4 is 25.4 Å². The van der Waals surface area contributed by atoms with Crippen LogP contribution in [0.15, 0.2) is 72.8 Å². The number of fused-ring (bicyclic) bond motifs is 3. The van der Waals surface area contributed by atoms with Crippen LogP contribution in [0.2, 0.25) is 0 Å². The van der Waals surface area contributed by atoms with E-state index in [1.807, 2.05) is 13.0 Å². The standard InChI is InChI=1S/C14H12N2.2C7H5NO4.Fe.2H2O/c1-9-3-5-11-7-8-12-6-4-10(2)16-14(12)13(11)15-9;2*9-6(10)4-2-1-3-5(8-4)7(11)12;;;/h3-8H,1-2H3;2*1-3H,(H,9,10)(H,11,12);;2*1H2/q;;;+3;;/p-3. The zero-order chi connectivity index (χ0) is 29.4. The molecule has 5 aromatic rings. The van der Waals surface area contributed by atoms with Crippen LogP contribution in [-0.4, -0.2) is 49.8 Å². The maximum Gasteiger partial charge on any atom is 3.00 e. The number of carbonyl (C=O) groups excluding carboxylic acids is 4. The molecule has 0 unspecified atom stereocenters. The van der Waals surface area contributed by atoms with Gasteiger partial charge in [-0.15, -0.1) is 0 Å². The molecule has 0 fully saturated rings. The Kier molecular flexibility index (Phi) is 14.7. The quantitative estimate of drug-likeness (QED) is 0.140. The van der Waals surface area contributed by atoms with E-state index in [0.29, 0.717) is 0 Å². The van der Waals surface area contributed by atoms with Gasteiger partial charge < -0.3 is 50.6 Å². The summed E-state index contributed by atoms with van der Waals surface area (Å²) in [6, 6.07) is 19.7. The fourth-order valence-corrected chi connectivity index (χ4v) is 3.35. The van der Waals surface area contributed by atoms with E-state index in [1.165, 1.54) is 22.9 Å². The summed E-state index contributed by atoms with van der Waals surface area (Å²) in [5.41, 5.74) is 2.71. The molecule has 1 radical (unpaired) electrons. The van der Waals surface area contributed by atoms with Gasteiger partial charge in [-0.05, 0) is 49.4 Å². The molecule has 0 atom stereocenters. The van der Waals surface area contributed by atoms with Gasteiger partial charge >= 0.3 is 17.1 Å². The van der Waals surface area contributed by atoms with Gasteiger partial charge in [0.25, 0.3) is 0 Å². The summed E-state index contributed by atoms with van der Waals surface area (Å²) < 4.78 is 0. The molecular formula is C28H23FeN4O10. The smallest absolute Gasteiger partial charge is 0.543 e. The van der Waals surface area contributed by atoms with Crippen molar-refractivity contribution in [2.45, 2.75) is 13.8 Å². The second-order valence-corrected chi connectivity index (χ2v) is 8.16. The van der Waals surface area contributed by atoms with Gasteiger partial charge in [-0.2, -0.15) is 0 Å². The normalized spacial score (nSPS) is 9.35. The minimum absolute atomic E-state index is 0. The first-order valence-electron chi connectivity index (χ1n) is 11.4. The molecule has 0 saturated carbocycles. The van der Waals surface area contributed by atoms with Crippen molar-refractivity contribution in [2.24, 2.45) is 0 Å². The Morgan fingerprint density at radius 3 is 1.35 bits per heavy atom. The summed E-state index contributed by atoms with van der Waals surface area (Å²) >= 11 is 0. The van der Waals surface area contributed by atoms with Gasteiger partial charge in [-0.1, -0.05) is 24.3 Å². The molecule has 0 aliphatic rings. The Bertz CT molecular complexity index is 1580. The van der Waals surface area contributed by atoms with Crippen molar-refractivity contribution in [3.8, 4) is 0 Å². The van der Waals surface area contributed by atoms with Gasteiger partial charge in [0.15, 0.2) is 5.69 Å². The van der Waals surface area contributed by atoms with Crippen molar-refractivity contribution >= 4 is 45.7 Å². The minimum Gasteiger partial charge on any atom is -0.543 e. The third-order valence-electron chi connectivity index (χ3n) is 5.20. The van der Waals surface area contributed by atoms with E-state index in [9.17, 15) is 39.6 Å². The second kappa shape index (κ2) is 16.8. The summed E-state index contributed by atoms with van der Waals surface area (Å²) in [5, 5.41) is 43.1. The summed E-state index contributed by atoms with van der Waals surface area (Å²) in [6.45, 7) is 4.09. The number of hydrogen-bond acceptors (Lipinski definition) is 11. The molecule has 0 saturated heterocycles. The number of benzene rings is 1. The van der Waals surface area contributed by atoms with Gasteiger partial charge in [0.05, 0.1) is 46.7 Å². The Morgan fingerprint density at radius 1 is 0.558 bits per heavy atom. The first-order chi connectivity index (χ1) is 19.0. The third-order valence-corrected chi connectivity index (χ3v) is 5.20. The molecule has 223 valence electrons. The predicted molar refractivity (Wildman–Crippen MR) is 138 cm³/mol. The molecule has 0 amide bonds. The van der Waals surface area contributed by atoms with Crippen molar-refractivity contribution in [2.75, 3.05) is 0 Å². The number of aromatic nitrogens is 4. The molecule has 0 aliphatic heterocycles. The topological polar surface area (TPSA) is 276 Å². The Hall–Kier alpha value is -5.34. The Labute approximate surface area is 253 Å². The van der Waals surface area contributed by atoms with Crippen LogP contribution in [0, 0.1) is 13.8 Å². The zero-order valence-corrected chi connectivity index (χ0v) is 23.5. The third kappa shape index (κ3) is 10.2. The van der Waals surface area contributed by atoms with Crippen LogP contribution in [0.25, 0.3) is 21.8 Å². The van der Waals surface area contributed by atoms with E-state index in [2.05, 4.69) is 57.2 Å². The number of carbonyl (C=O) groups is 4. The van der Waals surface area contributed by atoms with E-state index in [4.69, 9.17) is 0 Å². The number of carboxylic acids is 4. The zero-order valence-electron chi connectivity index (χ0n) is 22.4. The first-order valence-corrected chi connectivity index (χ1v) is 11.4. The fourth-order valence-electron chi connectivity index (χ4n) is 3.35. The van der Waals surface area contributed by atoms with Crippen molar-refractivity contribution < 1.29 is 72.6 Å². The molecular weight excluding hydrogens is 608 g/mol. The van der Waals surface area contributed by atoms with E-state index in [-0.39, 0.29) is 28.0 Å². The Balaban J connectivity index is 0.000000605. The number of nitrogens with zero attached hydrogens (tertiary/aromatic N) is 3. The van der Waals surface area contributed by atoms with Crippen LogP contribution >= 0.6 is 0 Å². The molecule has 0 aliphatic carbocycles. The van der Waals surface area contributed by atoms with Crippen molar-refractivity contribution in [1.82, 2.24) is 15.0 Å². The number of H-pyrrole nitrogens is 1. The molecule has 5 rings (SSSR count). The fraction of sp³-hybridized carbons (Fsp3) is 0.0714. The average Bonchev–Trinajstić information content (AvgIpc) is 2.93. The summed E-state index contributed by atoms with van der Waals surface area (Å²) in [5.74, 6) is -6.06. The number of pyridine rings is 4. The monoisotopic (exact) mass is 631 g/mol. The second-order valence-electron chi connectivity index (χ2n) is 8.16. The van der Waals surface area contributed by atoms with Gasteiger partial charge in [-0.3, -0.25) is 0 Å². The molecule has 0 bridgehead atoms. The minimum atomic E-state index is -1.52. The molecule has 5 N–H and O–H groups in total. The van der Waals surface area contributed by atoms with E-state index >= 15 is 0 Å². The summed E-state index contributed by atoms with van der Waals surface area (Å²) in [4.78, 5) is 55.3. The average molecular weight is 631 g/mol. The number of aromatic amines is 1. The molecule has 14 nitrogen and oxygen atoms in total. The van der Waals surface area contributed by atoms with Gasteiger partial charge in [0.1, 0.15) is 5.52 Å². The number of rotatable bonds is 4. The van der Waals surface area contributed by atoms with E-state index in [1.54, 1.807) is 0 Å². The number of hydrogen-bond donors (Lipinski definition) is 0. The maximum atomic E-state index is 10.2. The number of carboxylic acid groups (broad SMARTS) is 4. The van der Waals surface area contributed by atoms with Crippen LogP contribution in [0.3, 0.4) is 0 Å². The van der Waals surface area contributed by atoms with Crippen molar-refractivity contribution in [1.29, 1.82) is 0 Å². The SMILES string of the molecule is Cc1ccc2ccc3ccc(C)[nH+]c3c2n1.O.O.O=C([O-])c1cccc(C(=O)[O-])n1.O=C([O-])c1cccc(C(=O)[O-])n1.[Fe+3]. The molecule has 43 heavy (non-hydrogen) atoms. The largest absolute Gasteiger partial charge is 3.00 e. The van der Waals surface area contributed by atoms with Crippen LogP contribution in [0.4, 0.5) is 0 Å². The van der Waals surface area contributed by atoms with Gasteiger partial charge in [0, 0.05) is 29.5 Å². The summed E-state index contributed by atoms with van der Waals surface area (Å²) in [6.07, 6.45) is 0. The van der Waals surface area contributed by atoms with Crippen LogP contribution in [0.5, 0.6) is 0 Å². The number of aromatic carboxylic acids is 4. The molecule has 0 spiro atoms. The van der Waals surface area contributed by atoms with Gasteiger partial charge in [0.2, 0.25) is 5.52 Å². The van der Waals surface area contributed by atoms with E-state index in [0.717, 1.165) is 46.7 Å². The first kappa shape index (κ1) is 37.7. The molecule has 4 aromatic heterocycles. The molecule has 1 aromatic carbocycles. The summed E-state index contributed by atoms with van der Waals surface area (Å²) in [7, 11) is 0. The number of nitrogens with one attached hydrogen (secondary N) is 1. The number of aryl methyl sites for hydroxylation is 2. The van der Waals surface area contributed by atoms with E-state index < -0.39 is 46.7 Å². The Morgan fingerprint density at radius 2 is 0.930 bits per heavy atom. The maximum absolute atomic E-state index is 10.2. The van der Waals surface area contributed by atoms with Crippen molar-refractivity contribution in [3.63, 3.8) is 0 Å². The predicted octanol–water partition coefficient (Wildman–Crippen LogP) is -3.22. The van der Waals surface area contributed by atoms with Gasteiger partial charge in [-0.25, -0.2) is 19.9 Å². The van der Waals surface area contributed by atoms with Crippen LogP contribution in [-0.2, 0) is 17.1 Å². The van der Waals surface area contributed by atoms with Crippen LogP contribution in [0.1, 0.15) is 53.3 Å². The molecule has 4 heterocycles.